The molecule has 7 nitrogen and oxygen atoms in total. The van der Waals surface area contributed by atoms with Crippen molar-refractivity contribution in [2.45, 2.75) is 32.3 Å². The lowest BCUT2D eigenvalue weighted by Gasteiger charge is -2.15. The van der Waals surface area contributed by atoms with Crippen LogP contribution in [0.2, 0.25) is 0 Å². The van der Waals surface area contributed by atoms with Crippen molar-refractivity contribution in [2.24, 2.45) is 4.99 Å². The van der Waals surface area contributed by atoms with Crippen LogP contribution in [0.1, 0.15) is 26.2 Å². The molecule has 0 aromatic rings. The summed E-state index contributed by atoms with van der Waals surface area (Å²) in [6, 6.07) is 0. The highest BCUT2D eigenvalue weighted by atomic mass is 127. The van der Waals surface area contributed by atoms with Crippen molar-refractivity contribution < 1.29 is 13.2 Å². The molecule has 1 rings (SSSR count). The van der Waals surface area contributed by atoms with Crippen LogP contribution in [-0.4, -0.2) is 59.5 Å². The van der Waals surface area contributed by atoms with Gasteiger partial charge in [-0.3, -0.25) is 4.99 Å². The summed E-state index contributed by atoms with van der Waals surface area (Å²) >= 11 is 0. The lowest BCUT2D eigenvalue weighted by atomic mass is 10.2. The Kier molecular flexibility index (Phi) is 11.4. The number of nitrogens with zero attached hydrogens (tertiary/aromatic N) is 1. The first-order valence-corrected chi connectivity index (χ1v) is 8.76. The van der Waals surface area contributed by atoms with E-state index < -0.39 is 10.0 Å². The average molecular weight is 434 g/mol. The van der Waals surface area contributed by atoms with Gasteiger partial charge >= 0.3 is 0 Å². The highest BCUT2D eigenvalue weighted by Crippen LogP contribution is 2.10. The molecule has 0 aromatic heterocycles. The van der Waals surface area contributed by atoms with Crippen molar-refractivity contribution in [1.29, 1.82) is 0 Å². The van der Waals surface area contributed by atoms with Crippen molar-refractivity contribution in [1.82, 2.24) is 15.4 Å². The third-order valence-electron chi connectivity index (χ3n) is 3.09. The van der Waals surface area contributed by atoms with Crippen LogP contribution in [0.4, 0.5) is 0 Å². The van der Waals surface area contributed by atoms with Crippen molar-refractivity contribution >= 4 is 40.0 Å². The van der Waals surface area contributed by atoms with Crippen LogP contribution in [-0.2, 0) is 14.8 Å². The Morgan fingerprint density at radius 1 is 1.33 bits per heavy atom. The molecule has 126 valence electrons. The van der Waals surface area contributed by atoms with E-state index >= 15 is 0 Å². The van der Waals surface area contributed by atoms with Gasteiger partial charge in [-0.1, -0.05) is 0 Å². The van der Waals surface area contributed by atoms with E-state index in [2.05, 4.69) is 20.3 Å². The maximum atomic E-state index is 11.2. The largest absolute Gasteiger partial charge is 0.376 e. The number of aliphatic imine (C=N–C) groups is 1. The molecule has 1 atom stereocenters. The number of guanidine groups is 1. The number of rotatable bonds is 8. The van der Waals surface area contributed by atoms with Crippen LogP contribution in [0.3, 0.4) is 0 Å². The maximum Gasteiger partial charge on any atom is 0.211 e. The molecule has 9 heteroatoms. The van der Waals surface area contributed by atoms with Crippen LogP contribution >= 0.6 is 24.0 Å². The molecule has 1 saturated heterocycles. The second-order valence-corrected chi connectivity index (χ2v) is 6.76. The molecule has 1 fully saturated rings. The van der Waals surface area contributed by atoms with Gasteiger partial charge in [0.05, 0.1) is 11.9 Å². The van der Waals surface area contributed by atoms with Crippen molar-refractivity contribution in [3.63, 3.8) is 0 Å². The molecule has 0 saturated carbocycles. The Bertz CT molecular complexity index is 397. The highest BCUT2D eigenvalue weighted by Gasteiger charge is 2.15. The number of nitrogens with one attached hydrogen (secondary N) is 3. The second kappa shape index (κ2) is 11.4. The summed E-state index contributed by atoms with van der Waals surface area (Å²) in [5.74, 6) is 0.837. The minimum absolute atomic E-state index is 0. The van der Waals surface area contributed by atoms with Gasteiger partial charge in [-0.15, -0.1) is 24.0 Å². The van der Waals surface area contributed by atoms with Crippen LogP contribution in [0.5, 0.6) is 0 Å². The zero-order valence-electron chi connectivity index (χ0n) is 12.7. The standard InChI is InChI=1S/C12H26N4O3S.HI/c1-3-20(17,18)16-8-5-7-14-12(13-2)15-10-11-6-4-9-19-11;/h11,16H,3-10H2,1-2H3,(H2,13,14,15);1H. The smallest absolute Gasteiger partial charge is 0.211 e. The van der Waals surface area contributed by atoms with E-state index in [0.717, 1.165) is 32.0 Å². The summed E-state index contributed by atoms with van der Waals surface area (Å²) in [6.07, 6.45) is 3.18. The molecule has 1 aliphatic heterocycles. The van der Waals surface area contributed by atoms with Crippen LogP contribution < -0.4 is 15.4 Å². The van der Waals surface area contributed by atoms with Crippen LogP contribution in [0, 0.1) is 0 Å². The summed E-state index contributed by atoms with van der Waals surface area (Å²) < 4.78 is 30.5. The lowest BCUT2D eigenvalue weighted by molar-refractivity contribution is 0.114. The van der Waals surface area contributed by atoms with Crippen molar-refractivity contribution in [3.05, 3.63) is 0 Å². The fourth-order valence-corrected chi connectivity index (χ4v) is 2.52. The summed E-state index contributed by atoms with van der Waals surface area (Å²) in [5.41, 5.74) is 0. The number of hydrogen-bond acceptors (Lipinski definition) is 4. The van der Waals surface area contributed by atoms with Gasteiger partial charge in [-0.25, -0.2) is 13.1 Å². The molecule has 0 radical (unpaired) electrons. The van der Waals surface area contributed by atoms with E-state index in [1.807, 2.05) is 0 Å². The molecular weight excluding hydrogens is 407 g/mol. The first-order chi connectivity index (χ1) is 9.57. The number of sulfonamides is 1. The zero-order chi connectivity index (χ0) is 14.8. The van der Waals surface area contributed by atoms with Gasteiger partial charge in [-0.05, 0) is 26.2 Å². The average Bonchev–Trinajstić information content (AvgIpc) is 2.95. The first kappa shape index (κ1) is 20.9. The third-order valence-corrected chi connectivity index (χ3v) is 4.50. The van der Waals surface area contributed by atoms with E-state index in [9.17, 15) is 8.42 Å². The Morgan fingerprint density at radius 2 is 2.10 bits per heavy atom. The van der Waals surface area contributed by atoms with Crippen LogP contribution in [0.15, 0.2) is 4.99 Å². The van der Waals surface area contributed by atoms with E-state index in [-0.39, 0.29) is 35.8 Å². The van der Waals surface area contributed by atoms with E-state index in [0.29, 0.717) is 19.5 Å². The van der Waals surface area contributed by atoms with Gasteiger partial charge in [0, 0.05) is 33.3 Å². The highest BCUT2D eigenvalue weighted by molar-refractivity contribution is 14.0. The predicted octanol–water partition coefficient (Wildman–Crippen LogP) is 0.278. The second-order valence-electron chi connectivity index (χ2n) is 4.67. The Balaban J connectivity index is 0.00000400. The van der Waals surface area contributed by atoms with Gasteiger partial charge in [0.25, 0.3) is 0 Å². The van der Waals surface area contributed by atoms with Gasteiger partial charge in [0.15, 0.2) is 5.96 Å². The molecule has 3 N–H and O–H groups in total. The maximum absolute atomic E-state index is 11.2. The molecule has 0 amide bonds. The van der Waals surface area contributed by atoms with Crippen LogP contribution in [0.25, 0.3) is 0 Å². The first-order valence-electron chi connectivity index (χ1n) is 7.11. The van der Waals surface area contributed by atoms with Gasteiger partial charge in [-0.2, -0.15) is 0 Å². The number of halogens is 1. The lowest BCUT2D eigenvalue weighted by Crippen LogP contribution is -2.42. The van der Waals surface area contributed by atoms with Crippen molar-refractivity contribution in [2.75, 3.05) is 39.0 Å². The molecule has 0 bridgehead atoms. The SMILES string of the molecule is CCS(=O)(=O)NCCCNC(=NC)NCC1CCCO1.I. The summed E-state index contributed by atoms with van der Waals surface area (Å²) in [7, 11) is -1.37. The fourth-order valence-electron chi connectivity index (χ4n) is 1.86. The van der Waals surface area contributed by atoms with E-state index in [1.54, 1.807) is 14.0 Å². The summed E-state index contributed by atoms with van der Waals surface area (Å²) in [5, 5.41) is 6.35. The predicted molar refractivity (Wildman–Crippen MR) is 95.8 cm³/mol. The summed E-state index contributed by atoms with van der Waals surface area (Å²) in [6.45, 7) is 4.32. The van der Waals surface area contributed by atoms with Gasteiger partial charge in [0.2, 0.25) is 10.0 Å². The fraction of sp³-hybridized carbons (Fsp3) is 0.917. The molecule has 0 spiro atoms. The molecule has 0 aliphatic carbocycles. The third kappa shape index (κ3) is 9.48. The minimum atomic E-state index is -3.09. The molecule has 0 aromatic carbocycles. The molecular formula is C12H27IN4O3S. The van der Waals surface area contributed by atoms with E-state index in [1.165, 1.54) is 0 Å². The quantitative estimate of drug-likeness (QED) is 0.221. The molecule has 1 aliphatic rings. The Morgan fingerprint density at radius 3 is 2.67 bits per heavy atom. The molecule has 1 heterocycles. The van der Waals surface area contributed by atoms with Gasteiger partial charge < -0.3 is 15.4 Å². The topological polar surface area (TPSA) is 91.8 Å². The Hall–Kier alpha value is -0.130. The zero-order valence-corrected chi connectivity index (χ0v) is 15.9. The summed E-state index contributed by atoms with van der Waals surface area (Å²) in [4.78, 5) is 4.11. The molecule has 21 heavy (non-hydrogen) atoms. The number of hydrogen-bond donors (Lipinski definition) is 3. The molecule has 1 unspecified atom stereocenters. The normalized spacial score (nSPS) is 19.1. The minimum Gasteiger partial charge on any atom is -0.376 e. The number of ether oxygens (including phenoxy) is 1. The van der Waals surface area contributed by atoms with Gasteiger partial charge in [0.1, 0.15) is 0 Å². The van der Waals surface area contributed by atoms with Crippen molar-refractivity contribution in [3.8, 4) is 0 Å². The monoisotopic (exact) mass is 434 g/mol. The Labute approximate surface area is 144 Å². The van der Waals surface area contributed by atoms with E-state index in [4.69, 9.17) is 4.74 Å².